The molecule has 0 spiro atoms. The molecule has 10 heteroatoms. The first-order valence-electron chi connectivity index (χ1n) is 14.1. The molecule has 8 rings (SSSR count). The molecule has 4 aliphatic heterocycles. The number of likely N-dealkylation sites (N-methyl/N-ethyl adjacent to an activating group) is 1. The molecule has 0 amide bonds. The number of nitrogens with zero attached hydrogens (tertiary/aromatic N) is 7. The fraction of sp³-hybridized carbons (Fsp3) is 0.704. The molecule has 7 heterocycles. The first-order chi connectivity index (χ1) is 18.1. The summed E-state index contributed by atoms with van der Waals surface area (Å²) in [6, 6.07) is 3.22. The van der Waals surface area contributed by atoms with Gasteiger partial charge in [-0.25, -0.2) is 9.97 Å². The predicted octanol–water partition coefficient (Wildman–Crippen LogP) is 3.64. The number of aryl methyl sites for hydroxylation is 1. The van der Waals surface area contributed by atoms with Gasteiger partial charge in [0.15, 0.2) is 0 Å². The lowest BCUT2D eigenvalue weighted by Gasteiger charge is -2.57. The van der Waals surface area contributed by atoms with Gasteiger partial charge in [-0.3, -0.25) is 14.5 Å². The summed E-state index contributed by atoms with van der Waals surface area (Å²) < 4.78 is 12.2. The molecule has 1 saturated carbocycles. The molecule has 9 nitrogen and oxygen atoms in total. The van der Waals surface area contributed by atoms with Crippen molar-refractivity contribution in [2.45, 2.75) is 88.5 Å². The smallest absolute Gasteiger partial charge is 0.149 e. The molecule has 0 radical (unpaired) electrons. The number of ether oxygens (including phenoxy) is 1. The molecular formula is C27H38N8OS. The Morgan fingerprint density at radius 1 is 1.00 bits per heavy atom. The van der Waals surface area contributed by atoms with Crippen LogP contribution in [0.5, 0.6) is 0 Å². The summed E-state index contributed by atoms with van der Waals surface area (Å²) in [5.74, 6) is 1.81. The Hall–Kier alpha value is -2.14. The van der Waals surface area contributed by atoms with Crippen LogP contribution in [-0.2, 0) is 11.2 Å². The van der Waals surface area contributed by atoms with Crippen LogP contribution in [0.2, 0.25) is 0 Å². The molecule has 2 unspecified atom stereocenters. The summed E-state index contributed by atoms with van der Waals surface area (Å²) in [5, 5.41) is 9.58. The molecule has 3 aromatic heterocycles. The lowest BCUT2D eigenvalue weighted by Crippen LogP contribution is -2.68. The van der Waals surface area contributed by atoms with Crippen molar-refractivity contribution in [3.05, 3.63) is 29.5 Å². The van der Waals surface area contributed by atoms with Crippen molar-refractivity contribution in [3.63, 3.8) is 0 Å². The molecule has 1 aliphatic carbocycles. The lowest BCUT2D eigenvalue weighted by atomic mass is 9.84. The minimum atomic E-state index is 0.430. The number of piperidine rings is 1. The van der Waals surface area contributed by atoms with Crippen LogP contribution >= 0.6 is 11.5 Å². The molecule has 0 aromatic carbocycles. The van der Waals surface area contributed by atoms with Crippen LogP contribution in [0.25, 0.3) is 10.2 Å². The largest absolute Gasteiger partial charge is 0.381 e. The SMILES string of the molecule is Cc1nsc2nc(Cc3cnn(C4CCOCC4)c3)nc(NC3CCC(N4CC5CC(C4)N5C)CC3)c12. The number of fused-ring (bicyclic) bond motifs is 3. The molecule has 2 bridgehead atoms. The van der Waals surface area contributed by atoms with Gasteiger partial charge in [-0.1, -0.05) is 0 Å². The van der Waals surface area contributed by atoms with Gasteiger partial charge in [-0.05, 0) is 76.0 Å². The van der Waals surface area contributed by atoms with E-state index in [0.29, 0.717) is 18.5 Å². The van der Waals surface area contributed by atoms with E-state index in [4.69, 9.17) is 14.7 Å². The summed E-state index contributed by atoms with van der Waals surface area (Å²) in [7, 11) is 2.30. The van der Waals surface area contributed by atoms with Crippen molar-refractivity contribution in [1.82, 2.24) is 33.9 Å². The Kier molecular flexibility index (Phi) is 6.39. The van der Waals surface area contributed by atoms with E-state index < -0.39 is 0 Å². The van der Waals surface area contributed by atoms with Gasteiger partial charge in [0, 0.05) is 63.1 Å². The van der Waals surface area contributed by atoms with Crippen molar-refractivity contribution in [2.75, 3.05) is 38.7 Å². The third-order valence-electron chi connectivity index (χ3n) is 9.28. The average Bonchev–Trinajstić information content (AvgIpc) is 3.56. The molecule has 2 atom stereocenters. The zero-order chi connectivity index (χ0) is 24.9. The first kappa shape index (κ1) is 23.9. The van der Waals surface area contributed by atoms with E-state index in [0.717, 1.165) is 77.3 Å². The van der Waals surface area contributed by atoms with Gasteiger partial charge >= 0.3 is 0 Å². The van der Waals surface area contributed by atoms with Gasteiger partial charge in [0.1, 0.15) is 16.5 Å². The Balaban J connectivity index is 1.03. The van der Waals surface area contributed by atoms with Crippen LogP contribution in [0.3, 0.4) is 0 Å². The van der Waals surface area contributed by atoms with Crippen molar-refractivity contribution in [3.8, 4) is 0 Å². The summed E-state index contributed by atoms with van der Waals surface area (Å²) in [4.78, 5) is 16.3. The van der Waals surface area contributed by atoms with E-state index in [-0.39, 0.29) is 0 Å². The van der Waals surface area contributed by atoms with E-state index >= 15 is 0 Å². The number of nitrogens with one attached hydrogen (secondary N) is 1. The highest BCUT2D eigenvalue weighted by Gasteiger charge is 2.44. The summed E-state index contributed by atoms with van der Waals surface area (Å²) >= 11 is 1.48. The molecule has 5 aliphatic rings. The third-order valence-corrected chi connectivity index (χ3v) is 10.1. The molecule has 3 aromatic rings. The molecular weight excluding hydrogens is 484 g/mol. The Bertz CT molecular complexity index is 1230. The second kappa shape index (κ2) is 9.87. The quantitative estimate of drug-likeness (QED) is 0.525. The Morgan fingerprint density at radius 2 is 1.78 bits per heavy atom. The van der Waals surface area contributed by atoms with Crippen LogP contribution < -0.4 is 5.32 Å². The van der Waals surface area contributed by atoms with Gasteiger partial charge in [0.25, 0.3) is 0 Å². The molecule has 198 valence electrons. The minimum absolute atomic E-state index is 0.430. The third kappa shape index (κ3) is 4.66. The zero-order valence-electron chi connectivity index (χ0n) is 22.0. The highest BCUT2D eigenvalue weighted by Crippen LogP contribution is 2.36. The number of rotatable bonds is 6. The maximum absolute atomic E-state index is 5.51. The van der Waals surface area contributed by atoms with Crippen LogP contribution in [0, 0.1) is 6.92 Å². The monoisotopic (exact) mass is 522 g/mol. The molecule has 1 N–H and O–H groups in total. The topological polar surface area (TPSA) is 84.2 Å². The Labute approximate surface area is 222 Å². The van der Waals surface area contributed by atoms with E-state index in [1.807, 2.05) is 6.20 Å². The maximum atomic E-state index is 5.51. The van der Waals surface area contributed by atoms with Gasteiger partial charge in [-0.2, -0.15) is 9.47 Å². The number of hydrogen-bond donors (Lipinski definition) is 1. The minimum Gasteiger partial charge on any atom is -0.381 e. The van der Waals surface area contributed by atoms with Crippen LogP contribution in [-0.4, -0.2) is 91.4 Å². The van der Waals surface area contributed by atoms with Crippen molar-refractivity contribution in [2.24, 2.45) is 0 Å². The van der Waals surface area contributed by atoms with E-state index in [2.05, 4.69) is 49.4 Å². The second-order valence-electron chi connectivity index (χ2n) is 11.6. The van der Waals surface area contributed by atoms with Crippen molar-refractivity contribution in [1.29, 1.82) is 0 Å². The highest BCUT2D eigenvalue weighted by atomic mass is 32.1. The van der Waals surface area contributed by atoms with E-state index in [9.17, 15) is 0 Å². The summed E-state index contributed by atoms with van der Waals surface area (Å²) in [5.41, 5.74) is 2.18. The number of aromatic nitrogens is 5. The standard InChI is InChI=1S/C27H38N8OS/c1-17-25-26(29-19-3-5-20(6-4-19)34-15-22-12-23(16-34)33(22)2)30-24(31-27(25)37-32-17)11-18-13-28-35(14-18)21-7-9-36-10-8-21/h13-14,19-23H,3-12,15-16H2,1-2H3,(H,29,30,31). The fourth-order valence-corrected chi connectivity index (χ4v) is 7.72. The number of anilines is 1. The van der Waals surface area contributed by atoms with Crippen molar-refractivity contribution < 1.29 is 4.74 Å². The fourth-order valence-electron chi connectivity index (χ4n) is 6.92. The van der Waals surface area contributed by atoms with E-state index in [1.165, 1.54) is 56.7 Å². The maximum Gasteiger partial charge on any atom is 0.149 e. The molecule has 37 heavy (non-hydrogen) atoms. The molecule has 5 fully saturated rings. The highest BCUT2D eigenvalue weighted by molar-refractivity contribution is 7.13. The van der Waals surface area contributed by atoms with Gasteiger partial charge in [0.2, 0.25) is 0 Å². The average molecular weight is 523 g/mol. The van der Waals surface area contributed by atoms with E-state index in [1.54, 1.807) is 0 Å². The van der Waals surface area contributed by atoms with Crippen molar-refractivity contribution >= 4 is 27.6 Å². The van der Waals surface area contributed by atoms with Crippen LogP contribution in [0.1, 0.15) is 68.1 Å². The second-order valence-corrected chi connectivity index (χ2v) is 12.3. The Morgan fingerprint density at radius 3 is 2.54 bits per heavy atom. The van der Waals surface area contributed by atoms with Gasteiger partial charge in [0.05, 0.1) is 23.3 Å². The van der Waals surface area contributed by atoms with Crippen LogP contribution in [0.4, 0.5) is 5.82 Å². The number of hydrogen-bond acceptors (Lipinski definition) is 9. The summed E-state index contributed by atoms with van der Waals surface area (Å²) in [6.45, 7) is 6.23. The lowest BCUT2D eigenvalue weighted by molar-refractivity contribution is -0.0701. The zero-order valence-corrected chi connectivity index (χ0v) is 22.8. The summed E-state index contributed by atoms with van der Waals surface area (Å²) in [6.07, 6.45) is 13.2. The van der Waals surface area contributed by atoms with Crippen LogP contribution in [0.15, 0.2) is 12.4 Å². The molecule has 4 saturated heterocycles. The van der Waals surface area contributed by atoms with Gasteiger partial charge < -0.3 is 10.1 Å². The predicted molar refractivity (Wildman–Crippen MR) is 145 cm³/mol. The first-order valence-corrected chi connectivity index (χ1v) is 14.8. The van der Waals surface area contributed by atoms with Gasteiger partial charge in [-0.15, -0.1) is 0 Å². The normalized spacial score (nSPS) is 29.5. The number of piperazine rings is 1.